The van der Waals surface area contributed by atoms with Gasteiger partial charge in [0.1, 0.15) is 5.58 Å². The molecule has 4 aromatic rings. The number of hydrogen-bond donors (Lipinski definition) is 2. The normalized spacial score (nSPS) is 15.3. The van der Waals surface area contributed by atoms with E-state index in [4.69, 9.17) is 4.42 Å². The van der Waals surface area contributed by atoms with E-state index in [9.17, 15) is 9.90 Å². The molecule has 6 heteroatoms. The number of aromatic carboxylic acids is 1. The standard InChI is InChI=1S/C26H25N3O3/c1-29(21-6-5-17-10-12-32-25(17)14-21)20-7-8-22-18(13-20)3-2-4-19(22)15-28-24-16-27-11-9-23(24)26(30)31/h5-14,16,19,28H,2-4,15H2,1H3,(H,30,31)/t19-/m0/s1. The van der Waals surface area contributed by atoms with Crippen molar-refractivity contribution in [1.82, 2.24) is 4.98 Å². The van der Waals surface area contributed by atoms with Crippen molar-refractivity contribution in [2.45, 2.75) is 25.2 Å². The van der Waals surface area contributed by atoms with Crippen molar-refractivity contribution in [1.29, 1.82) is 0 Å². The van der Waals surface area contributed by atoms with Crippen molar-refractivity contribution in [3.8, 4) is 0 Å². The first-order valence-corrected chi connectivity index (χ1v) is 10.8. The van der Waals surface area contributed by atoms with Gasteiger partial charge in [-0.1, -0.05) is 6.07 Å². The van der Waals surface area contributed by atoms with Crippen molar-refractivity contribution in [3.05, 3.63) is 83.9 Å². The topological polar surface area (TPSA) is 78.6 Å². The molecule has 162 valence electrons. The van der Waals surface area contributed by atoms with Crippen LogP contribution in [0.3, 0.4) is 0 Å². The van der Waals surface area contributed by atoms with Crippen LogP contribution in [0.1, 0.15) is 40.2 Å². The Bertz CT molecular complexity index is 1280. The van der Waals surface area contributed by atoms with Crippen molar-refractivity contribution < 1.29 is 14.3 Å². The summed E-state index contributed by atoms with van der Waals surface area (Å²) in [5.41, 5.74) is 6.62. The maximum atomic E-state index is 11.5. The lowest BCUT2D eigenvalue weighted by Gasteiger charge is -2.28. The first kappa shape index (κ1) is 20.1. The molecule has 0 unspecified atom stereocenters. The highest BCUT2D eigenvalue weighted by Gasteiger charge is 2.22. The second-order valence-electron chi connectivity index (χ2n) is 8.28. The second kappa shape index (κ2) is 8.38. The van der Waals surface area contributed by atoms with Crippen LogP contribution in [0, 0.1) is 0 Å². The van der Waals surface area contributed by atoms with Gasteiger partial charge in [-0.3, -0.25) is 4.98 Å². The summed E-state index contributed by atoms with van der Waals surface area (Å²) >= 11 is 0. The average molecular weight is 428 g/mol. The highest BCUT2D eigenvalue weighted by Crippen LogP contribution is 2.36. The monoisotopic (exact) mass is 427 g/mol. The largest absolute Gasteiger partial charge is 0.478 e. The van der Waals surface area contributed by atoms with Crippen LogP contribution in [0.25, 0.3) is 11.0 Å². The fourth-order valence-electron chi connectivity index (χ4n) is 4.58. The van der Waals surface area contributed by atoms with Gasteiger partial charge < -0.3 is 19.7 Å². The number of carboxylic acids is 1. The fraction of sp³-hybridized carbons (Fsp3) is 0.231. The quantitative estimate of drug-likeness (QED) is 0.403. The minimum Gasteiger partial charge on any atom is -0.478 e. The number of carboxylic acid groups (broad SMARTS) is 1. The van der Waals surface area contributed by atoms with Crippen LogP contribution in [0.15, 0.2) is 71.6 Å². The summed E-state index contributed by atoms with van der Waals surface area (Å²) in [6.07, 6.45) is 8.05. The second-order valence-corrected chi connectivity index (χ2v) is 8.28. The zero-order chi connectivity index (χ0) is 22.1. The molecule has 2 aromatic carbocycles. The number of furan rings is 1. The van der Waals surface area contributed by atoms with E-state index in [-0.39, 0.29) is 5.56 Å². The molecule has 1 aliphatic rings. The van der Waals surface area contributed by atoms with Gasteiger partial charge in [0.05, 0.1) is 23.7 Å². The Morgan fingerprint density at radius 3 is 2.91 bits per heavy atom. The van der Waals surface area contributed by atoms with Crippen molar-refractivity contribution in [2.24, 2.45) is 0 Å². The molecule has 0 saturated carbocycles. The summed E-state index contributed by atoms with van der Waals surface area (Å²) in [4.78, 5) is 17.7. The molecule has 2 N–H and O–H groups in total. The number of rotatable bonds is 6. The number of nitrogens with one attached hydrogen (secondary N) is 1. The Labute approximate surface area is 186 Å². The average Bonchev–Trinajstić information content (AvgIpc) is 3.30. The highest BCUT2D eigenvalue weighted by molar-refractivity contribution is 5.93. The van der Waals surface area contributed by atoms with Gasteiger partial charge in [-0.15, -0.1) is 0 Å². The summed E-state index contributed by atoms with van der Waals surface area (Å²) in [6, 6.07) is 16.4. The van der Waals surface area contributed by atoms with Crippen molar-refractivity contribution in [2.75, 3.05) is 23.8 Å². The van der Waals surface area contributed by atoms with Gasteiger partial charge in [0.25, 0.3) is 0 Å². The molecule has 0 amide bonds. The summed E-state index contributed by atoms with van der Waals surface area (Å²) in [7, 11) is 2.07. The number of pyridine rings is 1. The molecule has 0 saturated heterocycles. The van der Waals surface area contributed by atoms with E-state index < -0.39 is 5.97 Å². The van der Waals surface area contributed by atoms with Crippen LogP contribution in [-0.4, -0.2) is 29.7 Å². The minimum atomic E-state index is -0.945. The van der Waals surface area contributed by atoms with Crippen LogP contribution in [-0.2, 0) is 6.42 Å². The first-order chi connectivity index (χ1) is 15.6. The van der Waals surface area contributed by atoms with E-state index in [1.54, 1.807) is 12.5 Å². The number of aromatic nitrogens is 1. The van der Waals surface area contributed by atoms with Gasteiger partial charge in [-0.2, -0.15) is 0 Å². The molecule has 1 atom stereocenters. The van der Waals surface area contributed by atoms with Gasteiger partial charge in [0.2, 0.25) is 0 Å². The van der Waals surface area contributed by atoms with E-state index in [2.05, 4.69) is 58.6 Å². The van der Waals surface area contributed by atoms with Crippen LogP contribution in [0.5, 0.6) is 0 Å². The number of nitrogens with zero attached hydrogens (tertiary/aromatic N) is 2. The third kappa shape index (κ3) is 3.80. The van der Waals surface area contributed by atoms with Crippen molar-refractivity contribution >= 4 is 34.0 Å². The molecule has 0 bridgehead atoms. The maximum Gasteiger partial charge on any atom is 0.337 e. The van der Waals surface area contributed by atoms with Gasteiger partial charge in [-0.25, -0.2) is 4.79 Å². The maximum absolute atomic E-state index is 11.5. The molecule has 1 aliphatic carbocycles. The molecule has 32 heavy (non-hydrogen) atoms. The molecule has 6 nitrogen and oxygen atoms in total. The predicted octanol–water partition coefficient (Wildman–Crippen LogP) is 5.83. The number of benzene rings is 2. The fourth-order valence-corrected chi connectivity index (χ4v) is 4.58. The van der Waals surface area contributed by atoms with Gasteiger partial charge in [0, 0.05) is 48.5 Å². The predicted molar refractivity (Wildman–Crippen MR) is 126 cm³/mol. The Hall–Kier alpha value is -3.80. The lowest BCUT2D eigenvalue weighted by molar-refractivity contribution is 0.0697. The zero-order valence-corrected chi connectivity index (χ0v) is 17.9. The van der Waals surface area contributed by atoms with Crippen LogP contribution in [0.2, 0.25) is 0 Å². The molecule has 2 aromatic heterocycles. The molecule has 0 radical (unpaired) electrons. The smallest absolute Gasteiger partial charge is 0.337 e. The van der Waals surface area contributed by atoms with Gasteiger partial charge in [-0.05, 0) is 66.8 Å². The van der Waals surface area contributed by atoms with E-state index in [0.29, 0.717) is 18.2 Å². The Balaban J connectivity index is 1.36. The first-order valence-electron chi connectivity index (χ1n) is 10.8. The zero-order valence-electron chi connectivity index (χ0n) is 17.9. The highest BCUT2D eigenvalue weighted by atomic mass is 16.4. The number of carbonyl (C=O) groups is 1. The summed E-state index contributed by atoms with van der Waals surface area (Å²) in [5, 5.41) is 13.8. The Kier molecular flexibility index (Phi) is 5.27. The molecule has 0 aliphatic heterocycles. The van der Waals surface area contributed by atoms with E-state index >= 15 is 0 Å². The van der Waals surface area contributed by atoms with Gasteiger partial charge in [0.15, 0.2) is 0 Å². The van der Waals surface area contributed by atoms with Crippen molar-refractivity contribution in [3.63, 3.8) is 0 Å². The third-order valence-electron chi connectivity index (χ3n) is 6.37. The van der Waals surface area contributed by atoms with Crippen LogP contribution in [0.4, 0.5) is 17.1 Å². The molecule has 5 rings (SSSR count). The third-order valence-corrected chi connectivity index (χ3v) is 6.37. The van der Waals surface area contributed by atoms with Crippen LogP contribution >= 0.6 is 0 Å². The van der Waals surface area contributed by atoms with Crippen LogP contribution < -0.4 is 10.2 Å². The Morgan fingerprint density at radius 1 is 1.19 bits per heavy atom. The lowest BCUT2D eigenvalue weighted by atomic mass is 9.82. The number of anilines is 3. The number of aryl methyl sites for hydroxylation is 1. The lowest BCUT2D eigenvalue weighted by Crippen LogP contribution is -2.20. The molecule has 0 spiro atoms. The number of fused-ring (bicyclic) bond motifs is 2. The van der Waals surface area contributed by atoms with E-state index in [0.717, 1.165) is 41.6 Å². The SMILES string of the molecule is CN(c1ccc2c(c1)CCC[C@H]2CNc1cnccc1C(=O)O)c1ccc2ccoc2c1. The van der Waals surface area contributed by atoms with E-state index in [1.807, 2.05) is 6.07 Å². The minimum absolute atomic E-state index is 0.251. The van der Waals surface area contributed by atoms with E-state index in [1.165, 1.54) is 23.4 Å². The summed E-state index contributed by atoms with van der Waals surface area (Å²) < 4.78 is 5.56. The molecule has 0 fully saturated rings. The summed E-state index contributed by atoms with van der Waals surface area (Å²) in [6.45, 7) is 0.684. The molecular weight excluding hydrogens is 402 g/mol. The number of hydrogen-bond acceptors (Lipinski definition) is 5. The Morgan fingerprint density at radius 2 is 2.03 bits per heavy atom. The molecular formula is C26H25N3O3. The summed E-state index contributed by atoms with van der Waals surface area (Å²) in [5.74, 6) is -0.612. The van der Waals surface area contributed by atoms with Gasteiger partial charge >= 0.3 is 5.97 Å². The molecule has 2 heterocycles.